The largest absolute Gasteiger partial charge is 0.495 e. The Balaban J connectivity index is 1.77. The number of anilines is 1. The molecule has 0 aliphatic rings. The minimum absolute atomic E-state index is 0.527. The van der Waals surface area contributed by atoms with Gasteiger partial charge in [-0.2, -0.15) is 0 Å². The number of benzene rings is 2. The fraction of sp³-hybridized carbons (Fsp3) is 0.304. The van der Waals surface area contributed by atoms with Crippen LogP contribution in [0.1, 0.15) is 15.4 Å². The van der Waals surface area contributed by atoms with Crippen LogP contribution in [0.5, 0.6) is 5.75 Å². The molecule has 1 aromatic heterocycles. The van der Waals surface area contributed by atoms with E-state index in [-0.39, 0.29) is 0 Å². The normalized spacial score (nSPS) is 11.2. The van der Waals surface area contributed by atoms with Gasteiger partial charge in [-0.1, -0.05) is 18.2 Å². The highest BCUT2D eigenvalue weighted by atomic mass is 35.5. The van der Waals surface area contributed by atoms with E-state index in [0.717, 1.165) is 39.0 Å². The zero-order chi connectivity index (χ0) is 21.5. The highest BCUT2D eigenvalue weighted by molar-refractivity contribution is 7.11. The number of thiazole rings is 1. The summed E-state index contributed by atoms with van der Waals surface area (Å²) in [6.07, 6.45) is 1.84. The van der Waals surface area contributed by atoms with Crippen molar-refractivity contribution >= 4 is 52.1 Å². The molecule has 0 fully saturated rings. The number of rotatable bonds is 9. The molecule has 3 aromatic rings. The fourth-order valence-electron chi connectivity index (χ4n) is 3.24. The Bertz CT molecular complexity index is 996. The standard InChI is InChI=1S/C23H25Cl2N3OS/c1-16-23(27-17(2)30-16)19-5-7-20(8-6-19)26-15-18-4-9-21(22(14-18)29-3)28(12-10-24)13-11-25/h4-9,14-15H,10-13H2,1-3H3. The van der Waals surface area contributed by atoms with Crippen molar-refractivity contribution in [3.05, 3.63) is 57.9 Å². The SMILES string of the molecule is COc1cc(C=Nc2ccc(-c3nc(C)sc3C)cc2)ccc1N(CCCl)CCCl. The molecule has 0 radical (unpaired) electrons. The van der Waals surface area contributed by atoms with Crippen LogP contribution in [0.2, 0.25) is 0 Å². The maximum atomic E-state index is 5.94. The molecule has 0 unspecified atom stereocenters. The Labute approximate surface area is 192 Å². The lowest BCUT2D eigenvalue weighted by molar-refractivity contribution is 0.414. The minimum Gasteiger partial charge on any atom is -0.495 e. The van der Waals surface area contributed by atoms with Gasteiger partial charge < -0.3 is 9.64 Å². The Hall–Kier alpha value is -2.08. The van der Waals surface area contributed by atoms with Crippen LogP contribution in [-0.2, 0) is 0 Å². The first-order valence-corrected chi connectivity index (χ1v) is 11.6. The van der Waals surface area contributed by atoms with Crippen LogP contribution in [0.4, 0.5) is 11.4 Å². The number of methoxy groups -OCH3 is 1. The Kier molecular flexibility index (Phi) is 8.14. The fourth-order valence-corrected chi connectivity index (χ4v) is 4.49. The number of nitrogens with zero attached hydrogens (tertiary/aromatic N) is 3. The van der Waals surface area contributed by atoms with Crippen molar-refractivity contribution < 1.29 is 4.74 Å². The van der Waals surface area contributed by atoms with Crippen molar-refractivity contribution in [1.29, 1.82) is 0 Å². The number of aliphatic imine (C=N–C) groups is 1. The van der Waals surface area contributed by atoms with Crippen LogP contribution in [0.15, 0.2) is 47.5 Å². The van der Waals surface area contributed by atoms with Gasteiger partial charge in [0.1, 0.15) is 5.75 Å². The van der Waals surface area contributed by atoms with E-state index in [1.54, 1.807) is 18.4 Å². The molecule has 4 nitrogen and oxygen atoms in total. The third-order valence-corrected chi connectivity index (χ3v) is 5.88. The monoisotopic (exact) mass is 461 g/mol. The Morgan fingerprint density at radius 2 is 1.77 bits per heavy atom. The van der Waals surface area contributed by atoms with Gasteiger partial charge in [-0.05, 0) is 43.7 Å². The van der Waals surface area contributed by atoms with Gasteiger partial charge in [0.25, 0.3) is 0 Å². The van der Waals surface area contributed by atoms with Gasteiger partial charge in [-0.15, -0.1) is 34.5 Å². The second-order valence-corrected chi connectivity index (χ2v) is 8.90. The van der Waals surface area contributed by atoms with Crippen molar-refractivity contribution in [2.45, 2.75) is 13.8 Å². The third-order valence-electron chi connectivity index (χ3n) is 4.66. The van der Waals surface area contributed by atoms with Crippen molar-refractivity contribution in [2.75, 3.05) is 36.9 Å². The van der Waals surface area contributed by atoms with Gasteiger partial charge in [-0.25, -0.2) is 4.98 Å². The zero-order valence-corrected chi connectivity index (χ0v) is 19.7. The summed E-state index contributed by atoms with van der Waals surface area (Å²) in [5.41, 5.74) is 4.99. The lowest BCUT2D eigenvalue weighted by Crippen LogP contribution is -2.28. The summed E-state index contributed by atoms with van der Waals surface area (Å²) in [5.74, 6) is 1.83. The molecule has 30 heavy (non-hydrogen) atoms. The minimum atomic E-state index is 0.527. The first-order chi connectivity index (χ1) is 14.5. The lowest BCUT2D eigenvalue weighted by Gasteiger charge is -2.25. The van der Waals surface area contributed by atoms with Gasteiger partial charge >= 0.3 is 0 Å². The number of hydrogen-bond donors (Lipinski definition) is 0. The number of hydrogen-bond acceptors (Lipinski definition) is 5. The molecule has 0 saturated carbocycles. The quantitative estimate of drug-likeness (QED) is 0.270. The predicted octanol–water partition coefficient (Wildman–Crippen LogP) is 6.47. The summed E-state index contributed by atoms with van der Waals surface area (Å²) >= 11 is 13.6. The number of alkyl halides is 2. The van der Waals surface area contributed by atoms with Crippen molar-refractivity contribution in [3.8, 4) is 17.0 Å². The van der Waals surface area contributed by atoms with Crippen LogP contribution in [0.3, 0.4) is 0 Å². The zero-order valence-electron chi connectivity index (χ0n) is 17.4. The number of aryl methyl sites for hydroxylation is 2. The van der Waals surface area contributed by atoms with Crippen LogP contribution in [-0.4, -0.2) is 43.2 Å². The van der Waals surface area contributed by atoms with E-state index in [9.17, 15) is 0 Å². The molecule has 158 valence electrons. The van der Waals surface area contributed by atoms with Gasteiger partial charge in [0.05, 0.1) is 29.2 Å². The summed E-state index contributed by atoms with van der Waals surface area (Å²) in [4.78, 5) is 12.6. The van der Waals surface area contributed by atoms with E-state index in [4.69, 9.17) is 27.9 Å². The average molecular weight is 462 g/mol. The van der Waals surface area contributed by atoms with Crippen LogP contribution >= 0.6 is 34.5 Å². The second-order valence-electron chi connectivity index (χ2n) is 6.74. The molecule has 1 heterocycles. The summed E-state index contributed by atoms with van der Waals surface area (Å²) < 4.78 is 5.59. The molecule has 3 rings (SSSR count). The van der Waals surface area contributed by atoms with E-state index >= 15 is 0 Å². The number of ether oxygens (including phenoxy) is 1. The molecule has 2 aromatic carbocycles. The van der Waals surface area contributed by atoms with Gasteiger partial charge in [0.2, 0.25) is 0 Å². The van der Waals surface area contributed by atoms with E-state index < -0.39 is 0 Å². The molecule has 0 atom stereocenters. The molecule has 0 bridgehead atoms. The molecule has 0 amide bonds. The van der Waals surface area contributed by atoms with E-state index in [1.165, 1.54) is 4.88 Å². The average Bonchev–Trinajstić information content (AvgIpc) is 3.10. The maximum Gasteiger partial charge on any atom is 0.142 e. The predicted molar refractivity (Wildman–Crippen MR) is 131 cm³/mol. The first kappa shape index (κ1) is 22.6. The van der Waals surface area contributed by atoms with Crippen molar-refractivity contribution in [1.82, 2.24) is 4.98 Å². The van der Waals surface area contributed by atoms with Crippen molar-refractivity contribution in [2.24, 2.45) is 4.99 Å². The molecule has 7 heteroatoms. The third kappa shape index (κ3) is 5.54. The van der Waals surface area contributed by atoms with E-state index in [1.807, 2.05) is 43.5 Å². The summed E-state index contributed by atoms with van der Waals surface area (Å²) in [7, 11) is 1.67. The molecule has 0 spiro atoms. The second kappa shape index (κ2) is 10.8. The van der Waals surface area contributed by atoms with Crippen LogP contribution < -0.4 is 9.64 Å². The lowest BCUT2D eigenvalue weighted by atomic mass is 10.1. The maximum absolute atomic E-state index is 5.94. The highest BCUT2D eigenvalue weighted by Crippen LogP contribution is 2.30. The van der Waals surface area contributed by atoms with E-state index in [0.29, 0.717) is 24.8 Å². The number of halogens is 2. The van der Waals surface area contributed by atoms with Crippen molar-refractivity contribution in [3.63, 3.8) is 0 Å². The Morgan fingerprint density at radius 1 is 1.07 bits per heavy atom. The van der Waals surface area contributed by atoms with Gasteiger partial charge in [-0.3, -0.25) is 4.99 Å². The van der Waals surface area contributed by atoms with E-state index in [2.05, 4.69) is 33.9 Å². The molecule has 0 saturated heterocycles. The molecule has 0 aliphatic heterocycles. The summed E-state index contributed by atoms with van der Waals surface area (Å²) in [5, 5.41) is 1.08. The Morgan fingerprint density at radius 3 is 2.33 bits per heavy atom. The van der Waals surface area contributed by atoms with Crippen LogP contribution in [0.25, 0.3) is 11.3 Å². The molecular weight excluding hydrogens is 437 g/mol. The molecule has 0 N–H and O–H groups in total. The molecular formula is C23H25Cl2N3OS. The molecule has 0 aliphatic carbocycles. The smallest absolute Gasteiger partial charge is 0.142 e. The van der Waals surface area contributed by atoms with Gasteiger partial charge in [0.15, 0.2) is 0 Å². The van der Waals surface area contributed by atoms with Gasteiger partial charge in [0, 0.05) is 41.5 Å². The van der Waals surface area contributed by atoms with Crippen LogP contribution in [0, 0.1) is 13.8 Å². The summed E-state index contributed by atoms with van der Waals surface area (Å²) in [6.45, 7) is 5.55. The number of aromatic nitrogens is 1. The summed E-state index contributed by atoms with van der Waals surface area (Å²) in [6, 6.07) is 14.2. The topological polar surface area (TPSA) is 37.7 Å². The highest BCUT2D eigenvalue weighted by Gasteiger charge is 2.12. The first-order valence-electron chi connectivity index (χ1n) is 9.69.